The quantitative estimate of drug-likeness (QED) is 0.383. The summed E-state index contributed by atoms with van der Waals surface area (Å²) >= 11 is 0. The first kappa shape index (κ1) is 21.1. The molecule has 0 bridgehead atoms. The van der Waals surface area contributed by atoms with Crippen LogP contribution in [-0.4, -0.2) is 45.6 Å². The Morgan fingerprint density at radius 3 is 2.46 bits per heavy atom. The van der Waals surface area contributed by atoms with Crippen LogP contribution < -0.4 is 5.32 Å². The number of rotatable bonds is 2. The maximum absolute atomic E-state index is 13.0. The van der Waals surface area contributed by atoms with Gasteiger partial charge in [0, 0.05) is 26.3 Å². The van der Waals surface area contributed by atoms with Gasteiger partial charge in [-0.25, -0.2) is 0 Å². The van der Waals surface area contributed by atoms with E-state index in [1.807, 2.05) is 0 Å². The van der Waals surface area contributed by atoms with Crippen molar-refractivity contribution >= 4 is 35.6 Å². The molecular formula is C18H24F3IN6. The van der Waals surface area contributed by atoms with Gasteiger partial charge in [-0.2, -0.15) is 13.2 Å². The average Bonchev–Trinajstić information content (AvgIpc) is 3.25. The van der Waals surface area contributed by atoms with E-state index in [9.17, 15) is 13.2 Å². The first-order valence-corrected chi connectivity index (χ1v) is 9.32. The Labute approximate surface area is 178 Å². The highest BCUT2D eigenvalue weighted by molar-refractivity contribution is 14.0. The third-order valence-electron chi connectivity index (χ3n) is 5.69. The van der Waals surface area contributed by atoms with Gasteiger partial charge in [-0.05, 0) is 36.8 Å². The molecule has 154 valence electrons. The monoisotopic (exact) mass is 508 g/mol. The topological polar surface area (TPSA) is 57.8 Å². The Bertz CT molecular complexity index is 835. The van der Waals surface area contributed by atoms with Crippen molar-refractivity contribution in [1.82, 2.24) is 24.8 Å². The predicted molar refractivity (Wildman–Crippen MR) is 111 cm³/mol. The molecule has 10 heteroatoms. The number of fused-ring (bicyclic) bond motifs is 2. The predicted octanol–water partition coefficient (Wildman–Crippen LogP) is 3.56. The van der Waals surface area contributed by atoms with E-state index in [4.69, 9.17) is 0 Å². The van der Waals surface area contributed by atoms with Crippen LogP contribution in [-0.2, 0) is 12.7 Å². The minimum absolute atomic E-state index is 0. The number of halogens is 4. The molecule has 1 saturated carbocycles. The fourth-order valence-electron chi connectivity index (χ4n) is 4.30. The standard InChI is InChI=1S/C18H23F3N6.HI/c1-22-17(26-9-12-4-2-3-5-13(12)10-26)23-8-16-25-24-15-7-6-14(11-27(15)16)18(19,20)21;/h6-7,11-13H,2-5,8-10H2,1H3,(H,22,23);1H. The number of pyridine rings is 1. The fraction of sp³-hybridized carbons (Fsp3) is 0.611. The Morgan fingerprint density at radius 2 is 1.86 bits per heavy atom. The molecule has 1 aliphatic carbocycles. The maximum Gasteiger partial charge on any atom is 0.417 e. The van der Waals surface area contributed by atoms with E-state index in [0.29, 0.717) is 11.5 Å². The van der Waals surface area contributed by atoms with E-state index in [-0.39, 0.29) is 30.5 Å². The Hall–Kier alpha value is -1.59. The van der Waals surface area contributed by atoms with Crippen molar-refractivity contribution in [3.8, 4) is 0 Å². The van der Waals surface area contributed by atoms with E-state index in [2.05, 4.69) is 25.4 Å². The van der Waals surface area contributed by atoms with Crippen LogP contribution in [0.1, 0.15) is 37.1 Å². The normalized spacial score (nSPS) is 22.9. The highest BCUT2D eigenvalue weighted by Crippen LogP contribution is 2.36. The highest BCUT2D eigenvalue weighted by atomic mass is 127. The van der Waals surface area contributed by atoms with Gasteiger partial charge in [-0.15, -0.1) is 34.2 Å². The Balaban J connectivity index is 0.00000225. The summed E-state index contributed by atoms with van der Waals surface area (Å²) < 4.78 is 40.3. The SMILES string of the molecule is CN=C(NCc1nnc2ccc(C(F)(F)F)cn12)N1CC2CCCCC2C1.I. The number of nitrogens with zero attached hydrogens (tertiary/aromatic N) is 5. The minimum Gasteiger partial charge on any atom is -0.349 e. The molecule has 2 aliphatic rings. The molecule has 28 heavy (non-hydrogen) atoms. The number of likely N-dealkylation sites (tertiary alicyclic amines) is 1. The van der Waals surface area contributed by atoms with Crippen molar-refractivity contribution in [2.45, 2.75) is 38.4 Å². The van der Waals surface area contributed by atoms with Crippen LogP contribution in [0.5, 0.6) is 0 Å². The molecule has 0 amide bonds. The molecule has 2 fully saturated rings. The molecule has 2 unspecified atom stereocenters. The lowest BCUT2D eigenvalue weighted by molar-refractivity contribution is -0.137. The van der Waals surface area contributed by atoms with Crippen molar-refractivity contribution in [3.63, 3.8) is 0 Å². The lowest BCUT2D eigenvalue weighted by Gasteiger charge is -2.22. The first-order chi connectivity index (χ1) is 13.0. The molecule has 1 saturated heterocycles. The number of hydrogen-bond acceptors (Lipinski definition) is 3. The summed E-state index contributed by atoms with van der Waals surface area (Å²) in [6, 6.07) is 2.35. The van der Waals surface area contributed by atoms with Crippen molar-refractivity contribution in [2.24, 2.45) is 16.8 Å². The summed E-state index contributed by atoms with van der Waals surface area (Å²) in [6.45, 7) is 2.24. The lowest BCUT2D eigenvalue weighted by atomic mass is 9.82. The van der Waals surface area contributed by atoms with Crippen LogP contribution >= 0.6 is 24.0 Å². The summed E-state index contributed by atoms with van der Waals surface area (Å²) in [5.41, 5.74) is -0.328. The van der Waals surface area contributed by atoms with Gasteiger partial charge in [0.05, 0.1) is 12.1 Å². The molecule has 6 nitrogen and oxygen atoms in total. The summed E-state index contributed by atoms with van der Waals surface area (Å²) in [5.74, 6) is 2.64. The zero-order valence-electron chi connectivity index (χ0n) is 15.6. The second-order valence-corrected chi connectivity index (χ2v) is 7.37. The number of guanidine groups is 1. The van der Waals surface area contributed by atoms with Crippen LogP contribution in [0.3, 0.4) is 0 Å². The van der Waals surface area contributed by atoms with Gasteiger partial charge in [-0.3, -0.25) is 9.39 Å². The van der Waals surface area contributed by atoms with Gasteiger partial charge in [0.2, 0.25) is 0 Å². The highest BCUT2D eigenvalue weighted by Gasteiger charge is 2.35. The molecule has 2 atom stereocenters. The molecule has 2 aromatic heterocycles. The van der Waals surface area contributed by atoms with E-state index >= 15 is 0 Å². The number of aromatic nitrogens is 3. The molecule has 1 aliphatic heterocycles. The molecule has 0 aromatic carbocycles. The first-order valence-electron chi connectivity index (χ1n) is 9.32. The molecule has 0 spiro atoms. The van der Waals surface area contributed by atoms with Crippen molar-refractivity contribution in [1.29, 1.82) is 0 Å². The van der Waals surface area contributed by atoms with Crippen LogP contribution in [0, 0.1) is 11.8 Å². The summed E-state index contributed by atoms with van der Waals surface area (Å²) in [7, 11) is 1.73. The van der Waals surface area contributed by atoms with E-state index < -0.39 is 11.7 Å². The number of aliphatic imine (C=N–C) groups is 1. The fourth-order valence-corrected chi connectivity index (χ4v) is 4.30. The number of nitrogens with one attached hydrogen (secondary N) is 1. The van der Waals surface area contributed by atoms with Gasteiger partial charge >= 0.3 is 6.18 Å². The van der Waals surface area contributed by atoms with E-state index in [1.165, 1.54) is 36.2 Å². The Kier molecular flexibility index (Phi) is 6.35. The summed E-state index contributed by atoms with van der Waals surface area (Å²) in [4.78, 5) is 6.61. The summed E-state index contributed by atoms with van der Waals surface area (Å²) in [5, 5.41) is 11.2. The van der Waals surface area contributed by atoms with Crippen LogP contribution in [0.25, 0.3) is 5.65 Å². The van der Waals surface area contributed by atoms with Gasteiger partial charge < -0.3 is 10.2 Å². The largest absolute Gasteiger partial charge is 0.417 e. The smallest absolute Gasteiger partial charge is 0.349 e. The molecule has 2 aromatic rings. The second kappa shape index (κ2) is 8.42. The van der Waals surface area contributed by atoms with Crippen LogP contribution in [0.15, 0.2) is 23.3 Å². The van der Waals surface area contributed by atoms with Gasteiger partial charge in [0.15, 0.2) is 17.4 Å². The maximum atomic E-state index is 13.0. The molecular weight excluding hydrogens is 484 g/mol. The molecule has 3 heterocycles. The number of hydrogen-bond donors (Lipinski definition) is 1. The third-order valence-corrected chi connectivity index (χ3v) is 5.69. The zero-order chi connectivity index (χ0) is 19.0. The second-order valence-electron chi connectivity index (χ2n) is 7.37. The third kappa shape index (κ3) is 4.20. The van der Waals surface area contributed by atoms with E-state index in [0.717, 1.165) is 43.1 Å². The minimum atomic E-state index is -4.40. The van der Waals surface area contributed by atoms with Crippen molar-refractivity contribution in [3.05, 3.63) is 29.7 Å². The van der Waals surface area contributed by atoms with Crippen LogP contribution in [0.4, 0.5) is 13.2 Å². The molecule has 1 N–H and O–H groups in total. The molecule has 4 rings (SSSR count). The van der Waals surface area contributed by atoms with Crippen molar-refractivity contribution < 1.29 is 13.2 Å². The van der Waals surface area contributed by atoms with E-state index in [1.54, 1.807) is 7.05 Å². The zero-order valence-corrected chi connectivity index (χ0v) is 17.9. The van der Waals surface area contributed by atoms with Crippen LogP contribution in [0.2, 0.25) is 0 Å². The van der Waals surface area contributed by atoms with Gasteiger partial charge in [-0.1, -0.05) is 12.8 Å². The molecule has 0 radical (unpaired) electrons. The lowest BCUT2D eigenvalue weighted by Crippen LogP contribution is -2.40. The Morgan fingerprint density at radius 1 is 1.18 bits per heavy atom. The number of alkyl halides is 3. The summed E-state index contributed by atoms with van der Waals surface area (Å²) in [6.07, 6.45) is 1.79. The van der Waals surface area contributed by atoms with Crippen molar-refractivity contribution in [2.75, 3.05) is 20.1 Å². The van der Waals surface area contributed by atoms with Gasteiger partial charge in [0.25, 0.3) is 0 Å². The van der Waals surface area contributed by atoms with Gasteiger partial charge in [0.1, 0.15) is 0 Å². The average molecular weight is 508 g/mol.